The van der Waals surface area contributed by atoms with Crippen molar-refractivity contribution in [2.75, 3.05) is 35.1 Å². The molecule has 15 nitrogen and oxygen atoms in total. The first-order chi connectivity index (χ1) is 33.7. The predicted molar refractivity (Wildman–Crippen MR) is 273 cm³/mol. The Bertz CT molecular complexity index is 3170. The summed E-state index contributed by atoms with van der Waals surface area (Å²) in [6, 6.07) is 25.9. The molecular weight excluding hydrogens is 967 g/mol. The van der Waals surface area contributed by atoms with Crippen LogP contribution in [0.4, 0.5) is 17.1 Å². The molecule has 5 aromatic carbocycles. The fourth-order valence-electron chi connectivity index (χ4n) is 10.6. The lowest BCUT2D eigenvalue weighted by Crippen LogP contribution is -2.47. The first-order valence-electron chi connectivity index (χ1n) is 23.5. The van der Waals surface area contributed by atoms with Gasteiger partial charge in [-0.1, -0.05) is 50.2 Å². The number of fused-ring (bicyclic) bond motifs is 8. The summed E-state index contributed by atoms with van der Waals surface area (Å²) < 4.78 is 85.5. The van der Waals surface area contributed by atoms with Gasteiger partial charge in [-0.3, -0.25) is 23.1 Å². The molecule has 374 valence electrons. The summed E-state index contributed by atoms with van der Waals surface area (Å²) in [7, 11) is -5.91. The van der Waals surface area contributed by atoms with E-state index in [0.29, 0.717) is 86.8 Å². The molecule has 0 fully saturated rings. The Morgan fingerprint density at radius 3 is 1.90 bits per heavy atom. The fourth-order valence-corrected chi connectivity index (χ4v) is 12.9. The zero-order valence-corrected chi connectivity index (χ0v) is 42.7. The van der Waals surface area contributed by atoms with E-state index in [1.54, 1.807) is 46.2 Å². The number of amides is 3. The smallest absolute Gasteiger partial charge is 0.272 e. The van der Waals surface area contributed by atoms with Crippen molar-refractivity contribution >= 4 is 67.6 Å². The normalized spacial score (nSPS) is 19.4. The molecule has 0 aliphatic carbocycles. The van der Waals surface area contributed by atoms with E-state index in [0.717, 1.165) is 24.7 Å². The minimum absolute atomic E-state index is 0.0142. The van der Waals surface area contributed by atoms with Gasteiger partial charge in [0.05, 0.1) is 26.0 Å². The number of methoxy groups -OCH3 is 1. The number of nitrogens with zero attached hydrogens (tertiary/aromatic N) is 2. The number of benzene rings is 5. The van der Waals surface area contributed by atoms with Crippen LogP contribution in [0, 0.1) is 12.8 Å². The molecule has 0 spiro atoms. The minimum atomic E-state index is -4.42. The van der Waals surface area contributed by atoms with Gasteiger partial charge in [-0.25, -0.2) is 0 Å². The lowest BCUT2D eigenvalue weighted by molar-refractivity contribution is -0.116. The minimum Gasteiger partial charge on any atom is -0.493 e. The Labute approximate surface area is 420 Å². The molecule has 18 heteroatoms. The number of aryl methyl sites for hydroxylation is 1. The second kappa shape index (κ2) is 19.6. The van der Waals surface area contributed by atoms with Crippen LogP contribution in [-0.2, 0) is 68.1 Å². The number of rotatable bonds is 16. The number of carbonyl (C=O) groups is 3. The second-order valence-corrected chi connectivity index (χ2v) is 24.2. The van der Waals surface area contributed by atoms with E-state index in [2.05, 4.69) is 17.9 Å². The predicted octanol–water partition coefficient (Wildman–Crippen LogP) is 8.08. The molecule has 71 heavy (non-hydrogen) atoms. The van der Waals surface area contributed by atoms with Crippen molar-refractivity contribution in [2.24, 2.45) is 5.92 Å². The third kappa shape index (κ3) is 10.5. The molecule has 3 amide bonds. The van der Waals surface area contributed by atoms with Gasteiger partial charge >= 0.3 is 0 Å². The highest BCUT2D eigenvalue weighted by Gasteiger charge is 2.48. The lowest BCUT2D eigenvalue weighted by Gasteiger charge is -2.28. The summed E-state index contributed by atoms with van der Waals surface area (Å²) in [5.41, 5.74) is 7.39. The molecule has 4 atom stereocenters. The highest BCUT2D eigenvalue weighted by Crippen LogP contribution is 2.44. The van der Waals surface area contributed by atoms with Gasteiger partial charge in [-0.15, -0.1) is 0 Å². The SMILES string of the molecule is COc1cc2c(cc1OCc1cc(COc3cc4c(cc3C)C(=O)N3c5ccccc5C[C@H]3C(S(=O)(=O)OC)C4)cc(NC(=O)CCCC(C)(C)S)c1)CC(CS(=O)(=O)O)[C@@H]1Cc3ccccc3N1C2=O. The summed E-state index contributed by atoms with van der Waals surface area (Å²) in [5, 5.41) is 1.98. The van der Waals surface area contributed by atoms with Crippen LogP contribution in [0.3, 0.4) is 0 Å². The maximum Gasteiger partial charge on any atom is 0.272 e. The van der Waals surface area contributed by atoms with Gasteiger partial charge in [0.15, 0.2) is 11.5 Å². The molecule has 2 unspecified atom stereocenters. The van der Waals surface area contributed by atoms with Crippen molar-refractivity contribution in [3.05, 3.63) is 141 Å². The first kappa shape index (κ1) is 50.0. The van der Waals surface area contributed by atoms with Gasteiger partial charge in [0, 0.05) is 51.3 Å². The number of ether oxygens (including phenoxy) is 3. The third-order valence-electron chi connectivity index (χ3n) is 13.9. The summed E-state index contributed by atoms with van der Waals surface area (Å²) in [6.45, 7) is 5.79. The van der Waals surface area contributed by atoms with E-state index in [9.17, 15) is 35.8 Å². The summed E-state index contributed by atoms with van der Waals surface area (Å²) in [6.07, 6.45) is 2.59. The Kier molecular flexibility index (Phi) is 13.8. The van der Waals surface area contributed by atoms with E-state index < -0.39 is 49.2 Å². The maximum atomic E-state index is 14.4. The van der Waals surface area contributed by atoms with Crippen molar-refractivity contribution < 1.29 is 54.2 Å². The topological polar surface area (TPSA) is 195 Å². The molecule has 0 radical (unpaired) electrons. The zero-order chi connectivity index (χ0) is 50.6. The molecule has 9 rings (SSSR count). The molecule has 0 saturated carbocycles. The first-order valence-corrected chi connectivity index (χ1v) is 27.1. The molecular formula is C53H57N3O12S3. The summed E-state index contributed by atoms with van der Waals surface area (Å²) in [5.74, 6) is -0.975. The van der Waals surface area contributed by atoms with Crippen LogP contribution in [0.1, 0.15) is 92.8 Å². The summed E-state index contributed by atoms with van der Waals surface area (Å²) in [4.78, 5) is 45.3. The van der Waals surface area contributed by atoms with Crippen LogP contribution in [0.2, 0.25) is 0 Å². The Hall–Kier alpha value is -5.92. The van der Waals surface area contributed by atoms with E-state index in [-0.39, 0.29) is 60.7 Å². The number of hydrogen-bond acceptors (Lipinski definition) is 12. The van der Waals surface area contributed by atoms with Gasteiger partial charge in [-0.2, -0.15) is 29.5 Å². The van der Waals surface area contributed by atoms with Gasteiger partial charge < -0.3 is 29.3 Å². The standard InChI is InChI=1S/C53H57N3O12S3/c1-31-17-40-37(26-49(71(63,64)66-5)45-23-35-12-7-9-14-43(35)56(45)51(40)58)24-46(31)67-28-32-18-33(20-39(19-32)54-50(57)15-10-16-53(2,3)69)29-68-48-25-36-21-38(30-70(60,61)62)44-22-34-11-6-8-13-42(34)55(44)52(59)41(36)27-47(48)65-4/h6-9,11-14,17-20,24-25,27,38,44-45,49,69H,10,15-16,21-23,26,28-30H2,1-5H3,(H,54,57)(H,60,61,62)/t38?,44-,45-,49?/m0/s1. The Balaban J connectivity index is 1.01. The van der Waals surface area contributed by atoms with E-state index in [4.69, 9.17) is 18.4 Å². The number of hydrogen-bond donors (Lipinski definition) is 3. The van der Waals surface area contributed by atoms with E-state index in [1.807, 2.05) is 75.4 Å². The average Bonchev–Trinajstić information content (AvgIpc) is 3.84. The van der Waals surface area contributed by atoms with Crippen LogP contribution in [0.15, 0.2) is 91.0 Å². The van der Waals surface area contributed by atoms with Crippen molar-refractivity contribution in [1.29, 1.82) is 0 Å². The van der Waals surface area contributed by atoms with Crippen molar-refractivity contribution in [2.45, 2.75) is 101 Å². The van der Waals surface area contributed by atoms with E-state index in [1.165, 1.54) is 7.11 Å². The summed E-state index contributed by atoms with van der Waals surface area (Å²) >= 11 is 4.60. The van der Waals surface area contributed by atoms with Gasteiger partial charge in [0.1, 0.15) is 24.2 Å². The molecule has 5 aromatic rings. The van der Waals surface area contributed by atoms with Crippen LogP contribution in [0.25, 0.3) is 0 Å². The van der Waals surface area contributed by atoms with E-state index >= 15 is 0 Å². The molecule has 0 bridgehead atoms. The van der Waals surface area contributed by atoms with Crippen molar-refractivity contribution in [3.63, 3.8) is 0 Å². The second-order valence-electron chi connectivity index (χ2n) is 19.5. The zero-order valence-electron chi connectivity index (χ0n) is 40.1. The monoisotopic (exact) mass is 1020 g/mol. The number of thiol groups is 1. The maximum absolute atomic E-state index is 14.4. The number of nitrogens with one attached hydrogen (secondary N) is 1. The molecule has 2 N–H and O–H groups in total. The highest BCUT2D eigenvalue weighted by atomic mass is 32.2. The molecule has 0 aromatic heterocycles. The molecule has 4 heterocycles. The van der Waals surface area contributed by atoms with Gasteiger partial charge in [0.2, 0.25) is 5.91 Å². The highest BCUT2D eigenvalue weighted by molar-refractivity contribution is 7.87. The van der Waals surface area contributed by atoms with Crippen molar-refractivity contribution in [3.8, 4) is 17.2 Å². The Morgan fingerprint density at radius 2 is 1.30 bits per heavy atom. The van der Waals surface area contributed by atoms with Gasteiger partial charge in [0.25, 0.3) is 32.1 Å². The van der Waals surface area contributed by atoms with Crippen LogP contribution < -0.4 is 29.3 Å². The average molecular weight is 1020 g/mol. The quantitative estimate of drug-likeness (QED) is 0.0489. The lowest BCUT2D eigenvalue weighted by atomic mass is 9.91. The molecule has 0 saturated heterocycles. The molecule has 4 aliphatic rings. The number of anilines is 3. The van der Waals surface area contributed by atoms with Crippen LogP contribution in [-0.4, -0.2) is 81.2 Å². The van der Waals surface area contributed by atoms with Gasteiger partial charge in [-0.05, 0) is 139 Å². The largest absolute Gasteiger partial charge is 0.493 e. The number of carbonyl (C=O) groups excluding carboxylic acids is 3. The number of para-hydroxylation sites is 2. The van der Waals surface area contributed by atoms with Crippen molar-refractivity contribution in [1.82, 2.24) is 0 Å². The fraction of sp³-hybridized carbons (Fsp3) is 0.377. The van der Waals surface area contributed by atoms with Crippen LogP contribution >= 0.6 is 12.6 Å². The third-order valence-corrected chi connectivity index (χ3v) is 16.7. The Morgan fingerprint density at radius 1 is 0.732 bits per heavy atom. The van der Waals surface area contributed by atoms with Crippen LogP contribution in [0.5, 0.6) is 17.2 Å². The molecule has 4 aliphatic heterocycles.